The summed E-state index contributed by atoms with van der Waals surface area (Å²) in [4.78, 5) is 29.0. The minimum atomic E-state index is 0.0885. The first kappa shape index (κ1) is 24.0. The van der Waals surface area contributed by atoms with Gasteiger partial charge in [-0.3, -0.25) is 4.79 Å². The first-order chi connectivity index (χ1) is 14.6. The predicted octanol–water partition coefficient (Wildman–Crippen LogP) is 5.51. The fraction of sp³-hybridized carbons (Fsp3) is 0.704. The van der Waals surface area contributed by atoms with Crippen molar-refractivity contribution in [1.29, 1.82) is 0 Å². The molecule has 1 spiro atoms. The second kappa shape index (κ2) is 9.85. The number of rotatable bonds is 7. The van der Waals surface area contributed by atoms with Gasteiger partial charge in [0.2, 0.25) is 5.91 Å². The molecule has 1 aromatic rings. The SMILES string of the molecule is CCN(C(=O)CCC(C)=O)[C@@H]1CCC2(CCN(CCC(C)(C)C)CC2)c2ccccc21. The van der Waals surface area contributed by atoms with E-state index >= 15 is 0 Å². The molecule has 0 radical (unpaired) electrons. The lowest BCUT2D eigenvalue weighted by molar-refractivity contribution is -0.135. The number of amides is 1. The minimum absolute atomic E-state index is 0.0885. The Labute approximate surface area is 189 Å². The van der Waals surface area contributed by atoms with Crippen LogP contribution in [-0.2, 0) is 15.0 Å². The molecule has 2 aliphatic rings. The molecule has 1 aromatic carbocycles. The number of ketones is 1. The van der Waals surface area contributed by atoms with E-state index in [1.165, 1.54) is 50.0 Å². The minimum Gasteiger partial charge on any atom is -0.336 e. The summed E-state index contributed by atoms with van der Waals surface area (Å²) >= 11 is 0. The molecular weight excluding hydrogens is 384 g/mol. The molecule has 1 amide bonds. The maximum absolute atomic E-state index is 12.9. The van der Waals surface area contributed by atoms with Crippen LogP contribution in [-0.4, -0.2) is 47.7 Å². The Bertz CT molecular complexity index is 772. The molecule has 1 saturated heterocycles. The predicted molar refractivity (Wildman–Crippen MR) is 127 cm³/mol. The second-order valence-electron chi connectivity index (χ2n) is 11.0. The van der Waals surface area contributed by atoms with Gasteiger partial charge in [0.05, 0.1) is 6.04 Å². The summed E-state index contributed by atoms with van der Waals surface area (Å²) in [7, 11) is 0. The van der Waals surface area contributed by atoms with E-state index in [1.54, 1.807) is 6.92 Å². The van der Waals surface area contributed by atoms with E-state index in [1.807, 2.05) is 4.90 Å². The van der Waals surface area contributed by atoms with Crippen molar-refractivity contribution in [2.75, 3.05) is 26.2 Å². The Balaban J connectivity index is 1.75. The average molecular weight is 427 g/mol. The molecule has 4 heteroatoms. The Hall–Kier alpha value is -1.68. The van der Waals surface area contributed by atoms with Gasteiger partial charge in [-0.1, -0.05) is 45.0 Å². The van der Waals surface area contributed by atoms with Crippen LogP contribution in [0, 0.1) is 5.41 Å². The number of benzene rings is 1. The average Bonchev–Trinajstić information content (AvgIpc) is 2.73. The van der Waals surface area contributed by atoms with E-state index in [-0.39, 0.29) is 23.1 Å². The lowest BCUT2D eigenvalue weighted by Crippen LogP contribution is -2.47. The van der Waals surface area contributed by atoms with E-state index in [0.717, 1.165) is 12.8 Å². The lowest BCUT2D eigenvalue weighted by Gasteiger charge is -2.49. The van der Waals surface area contributed by atoms with Crippen LogP contribution in [0.3, 0.4) is 0 Å². The number of hydrogen-bond acceptors (Lipinski definition) is 3. The molecular formula is C27H42N2O2. The van der Waals surface area contributed by atoms with Gasteiger partial charge in [0.25, 0.3) is 0 Å². The summed E-state index contributed by atoms with van der Waals surface area (Å²) in [6, 6.07) is 9.00. The van der Waals surface area contributed by atoms with Crippen molar-refractivity contribution in [3.05, 3.63) is 35.4 Å². The molecule has 31 heavy (non-hydrogen) atoms. The fourth-order valence-corrected chi connectivity index (χ4v) is 5.51. The van der Waals surface area contributed by atoms with Crippen LogP contribution in [0.5, 0.6) is 0 Å². The quantitative estimate of drug-likeness (QED) is 0.577. The highest BCUT2D eigenvalue weighted by Gasteiger charge is 2.43. The van der Waals surface area contributed by atoms with Gasteiger partial charge in [-0.25, -0.2) is 0 Å². The number of fused-ring (bicyclic) bond motifs is 2. The highest BCUT2D eigenvalue weighted by atomic mass is 16.2. The smallest absolute Gasteiger partial charge is 0.223 e. The molecule has 0 N–H and O–H groups in total. The Morgan fingerprint density at radius 1 is 1.10 bits per heavy atom. The maximum Gasteiger partial charge on any atom is 0.223 e. The van der Waals surface area contributed by atoms with Crippen LogP contribution in [0.4, 0.5) is 0 Å². The number of Topliss-reactive ketones (excluding diaryl/α,β-unsaturated/α-hetero) is 1. The molecule has 0 aromatic heterocycles. The van der Waals surface area contributed by atoms with Crippen molar-refractivity contribution in [1.82, 2.24) is 9.80 Å². The normalized spacial score (nSPS) is 21.0. The summed E-state index contributed by atoms with van der Waals surface area (Å²) in [6.45, 7) is 14.8. The molecule has 1 fully saturated rings. The first-order valence-corrected chi connectivity index (χ1v) is 12.3. The number of likely N-dealkylation sites (tertiary alicyclic amines) is 1. The third-order valence-corrected chi connectivity index (χ3v) is 7.51. The van der Waals surface area contributed by atoms with E-state index in [9.17, 15) is 9.59 Å². The van der Waals surface area contributed by atoms with Gasteiger partial charge in [0, 0.05) is 19.4 Å². The van der Waals surface area contributed by atoms with Crippen LogP contribution < -0.4 is 0 Å². The molecule has 0 saturated carbocycles. The van der Waals surface area contributed by atoms with Gasteiger partial charge in [-0.2, -0.15) is 0 Å². The summed E-state index contributed by atoms with van der Waals surface area (Å²) in [5.41, 5.74) is 3.46. The van der Waals surface area contributed by atoms with Crippen molar-refractivity contribution in [3.63, 3.8) is 0 Å². The van der Waals surface area contributed by atoms with Crippen molar-refractivity contribution in [3.8, 4) is 0 Å². The molecule has 1 heterocycles. The number of nitrogens with zero attached hydrogens (tertiary/aromatic N) is 2. The van der Waals surface area contributed by atoms with Crippen molar-refractivity contribution in [2.45, 2.75) is 91.0 Å². The van der Waals surface area contributed by atoms with E-state index in [2.05, 4.69) is 56.9 Å². The zero-order valence-corrected chi connectivity index (χ0v) is 20.4. The second-order valence-corrected chi connectivity index (χ2v) is 11.0. The molecule has 4 nitrogen and oxygen atoms in total. The molecule has 0 unspecified atom stereocenters. The van der Waals surface area contributed by atoms with Crippen molar-refractivity contribution < 1.29 is 9.59 Å². The Morgan fingerprint density at radius 3 is 2.39 bits per heavy atom. The van der Waals surface area contributed by atoms with Crippen LogP contribution in [0.25, 0.3) is 0 Å². The van der Waals surface area contributed by atoms with Gasteiger partial charge in [-0.15, -0.1) is 0 Å². The number of piperidine rings is 1. The van der Waals surface area contributed by atoms with Gasteiger partial charge < -0.3 is 14.6 Å². The van der Waals surface area contributed by atoms with Gasteiger partial charge >= 0.3 is 0 Å². The van der Waals surface area contributed by atoms with Crippen LogP contribution in [0.15, 0.2) is 24.3 Å². The summed E-state index contributed by atoms with van der Waals surface area (Å²) < 4.78 is 0. The Kier molecular flexibility index (Phi) is 7.62. The van der Waals surface area contributed by atoms with E-state index in [0.29, 0.717) is 24.8 Å². The van der Waals surface area contributed by atoms with Crippen LogP contribution in [0.1, 0.15) is 96.7 Å². The molecule has 0 bridgehead atoms. The third-order valence-electron chi connectivity index (χ3n) is 7.51. The maximum atomic E-state index is 12.9. The topological polar surface area (TPSA) is 40.6 Å². The van der Waals surface area contributed by atoms with Gasteiger partial charge in [0.15, 0.2) is 0 Å². The van der Waals surface area contributed by atoms with E-state index < -0.39 is 0 Å². The molecule has 1 atom stereocenters. The van der Waals surface area contributed by atoms with Crippen molar-refractivity contribution >= 4 is 11.7 Å². The van der Waals surface area contributed by atoms with E-state index in [4.69, 9.17) is 0 Å². The summed E-state index contributed by atoms with van der Waals surface area (Å²) in [5.74, 6) is 0.205. The fourth-order valence-electron chi connectivity index (χ4n) is 5.51. The molecule has 3 rings (SSSR count). The summed E-state index contributed by atoms with van der Waals surface area (Å²) in [6.07, 6.45) is 6.52. The zero-order valence-electron chi connectivity index (χ0n) is 20.4. The number of carbonyl (C=O) groups is 2. The van der Waals surface area contributed by atoms with Crippen molar-refractivity contribution in [2.24, 2.45) is 5.41 Å². The standard InChI is InChI=1S/C27H42N2O2/c1-6-29(25(31)12-11-21(2)30)24-13-14-27(23-10-8-7-9-22(23)24)16-19-28(20-17-27)18-15-26(3,4)5/h7-10,24H,6,11-20H2,1-5H3/t24-/m1/s1. The number of carbonyl (C=O) groups excluding carboxylic acids is 2. The summed E-state index contributed by atoms with van der Waals surface area (Å²) in [5, 5.41) is 0. The van der Waals surface area contributed by atoms with Crippen LogP contribution >= 0.6 is 0 Å². The van der Waals surface area contributed by atoms with Crippen LogP contribution in [0.2, 0.25) is 0 Å². The monoisotopic (exact) mass is 426 g/mol. The largest absolute Gasteiger partial charge is 0.336 e. The molecule has 1 aliphatic carbocycles. The molecule has 172 valence electrons. The molecule has 1 aliphatic heterocycles. The van der Waals surface area contributed by atoms with Gasteiger partial charge in [0.1, 0.15) is 5.78 Å². The Morgan fingerprint density at radius 2 is 1.77 bits per heavy atom. The number of hydrogen-bond donors (Lipinski definition) is 0. The highest BCUT2D eigenvalue weighted by Crippen LogP contribution is 2.49. The third kappa shape index (κ3) is 5.77. The van der Waals surface area contributed by atoms with Gasteiger partial charge in [-0.05, 0) is 87.5 Å². The zero-order chi connectivity index (χ0) is 22.6. The highest BCUT2D eigenvalue weighted by molar-refractivity contribution is 5.83. The lowest BCUT2D eigenvalue weighted by atomic mass is 9.63. The first-order valence-electron chi connectivity index (χ1n) is 12.3.